The zero-order chi connectivity index (χ0) is 61.1. The number of hydrogen-bond acceptors (Lipinski definition) is 17. The van der Waals surface area contributed by atoms with Gasteiger partial charge in [0.25, 0.3) is 11.1 Å². The Bertz CT molecular complexity index is 3190. The Morgan fingerprint density at radius 2 is 0.908 bits per heavy atom. The Labute approximate surface area is 508 Å². The van der Waals surface area contributed by atoms with Crippen LogP contribution in [-0.2, 0) is 38.3 Å². The van der Waals surface area contributed by atoms with Crippen molar-refractivity contribution < 1.29 is 53.3 Å². The number of ether oxygens (including phenoxy) is 2. The molecule has 12 rings (SSSR count). The first-order chi connectivity index (χ1) is 42.2. The molecule has 2 aromatic carbocycles. The van der Waals surface area contributed by atoms with Crippen molar-refractivity contribution >= 4 is 57.4 Å². The number of esters is 2. The number of fused-ring (bicyclic) bond motifs is 10. The SMILES string of the molecule is CCOC(=O)CCC(=NOCC(=O)O)c1nc2ccccc2n(C2C[C@H]3CCC[C@@H](C2)N3C2CC3CCCC(C3)C2)c1=O.CCOC(=O)CCC(=O)c1nc2ccccc2n(C2C[C@H]3CCC[C@@H](C2)N3C2CC3CCCC(C3)C2)c1=O.NOCC(=O)O. The van der Waals surface area contributed by atoms with Gasteiger partial charge < -0.3 is 33.7 Å². The second kappa shape index (κ2) is 29.7. The van der Waals surface area contributed by atoms with E-state index in [1.165, 1.54) is 116 Å². The quantitative estimate of drug-likeness (QED) is 0.0341. The van der Waals surface area contributed by atoms with E-state index in [0.717, 1.165) is 60.4 Å². The number of carboxylic acids is 2. The van der Waals surface area contributed by atoms with Crippen LogP contribution in [0.4, 0.5) is 0 Å². The van der Waals surface area contributed by atoms with Gasteiger partial charge >= 0.3 is 23.9 Å². The summed E-state index contributed by atoms with van der Waals surface area (Å²) in [7, 11) is 0. The molecular formula is C66H90N8O13. The molecule has 4 saturated carbocycles. The van der Waals surface area contributed by atoms with Crippen LogP contribution in [0.1, 0.15) is 209 Å². The van der Waals surface area contributed by atoms with Gasteiger partial charge in [0.2, 0.25) is 6.61 Å². The first-order valence-corrected chi connectivity index (χ1v) is 32.6. The number of piperidine rings is 4. The van der Waals surface area contributed by atoms with Gasteiger partial charge in [0.15, 0.2) is 23.8 Å². The molecule has 8 aliphatic rings. The standard InChI is InChI=1S/C33H44N4O6.C31H41N3O4.C2H5NO3/c1-2-42-31(40)14-13-28(35-43-20-30(38)39)32-33(41)37(29-12-4-3-11-27(29)34-32)26-18-23-9-6-10-24(19-26)36(23)25-16-21-7-5-8-22(15-21)17-25;1-2-38-29(36)14-13-28(35)30-31(37)34(27-12-4-3-11-26(27)32-30)25-18-22-9-6-10-23(19-25)33(22)24-16-20-7-5-8-21(15-20)17-24;3-6-1-2(4)5/h3-4,11-12,21-26H,2,5-10,13-20H2,1H3,(H,38,39);3-4,11-12,20-25H,2,5-10,13-19H2,1H3;1,3H2,(H,4,5)/t21?,22?,23-,24+,25?,26?;20?,21?,22-,23+,24?,25?;. The van der Waals surface area contributed by atoms with Gasteiger partial charge in [0.05, 0.1) is 48.1 Å². The number of hydrogen-bond donors (Lipinski definition) is 3. The Morgan fingerprint density at radius 3 is 1.32 bits per heavy atom. The van der Waals surface area contributed by atoms with Gasteiger partial charge in [-0.15, -0.1) is 0 Å². The highest BCUT2D eigenvalue weighted by molar-refractivity contribution is 6.01. The fraction of sp³-hybridized carbons (Fsp3) is 0.667. The maximum atomic E-state index is 14.3. The van der Waals surface area contributed by atoms with Crippen LogP contribution in [0.15, 0.2) is 63.3 Å². The summed E-state index contributed by atoms with van der Waals surface area (Å²) in [4.78, 5) is 110. The number of aliphatic carboxylic acids is 2. The number of Topliss-reactive ketones (excluding diaryl/α,β-unsaturated/α-hetero) is 1. The molecule has 6 unspecified atom stereocenters. The largest absolute Gasteiger partial charge is 0.479 e. The average molecular weight is 1200 g/mol. The number of oxime groups is 1. The number of ketones is 1. The predicted molar refractivity (Wildman–Crippen MR) is 326 cm³/mol. The first kappa shape index (κ1) is 63.6. The highest BCUT2D eigenvalue weighted by Crippen LogP contribution is 2.49. The number of carboxylic acid groups (broad SMARTS) is 2. The molecule has 87 heavy (non-hydrogen) atoms. The topological polar surface area (TPSA) is 277 Å². The number of nitrogens with zero attached hydrogens (tertiary/aromatic N) is 7. The maximum absolute atomic E-state index is 14.3. The summed E-state index contributed by atoms with van der Waals surface area (Å²) in [6.45, 7) is 2.90. The van der Waals surface area contributed by atoms with Crippen molar-refractivity contribution in [3.63, 3.8) is 0 Å². The molecule has 4 saturated heterocycles. The van der Waals surface area contributed by atoms with E-state index in [2.05, 4.69) is 30.7 Å². The molecule has 4 aliphatic carbocycles. The van der Waals surface area contributed by atoms with Crippen LogP contribution in [-0.4, -0.2) is 137 Å². The van der Waals surface area contributed by atoms with Crippen LogP contribution in [0.5, 0.6) is 0 Å². The number of aromatic nitrogens is 4. The number of rotatable bonds is 19. The van der Waals surface area contributed by atoms with E-state index < -0.39 is 37.1 Å². The molecule has 4 aromatic rings. The molecule has 472 valence electrons. The second-order valence-electron chi connectivity index (χ2n) is 25.9. The third-order valence-electron chi connectivity index (χ3n) is 20.2. The average Bonchev–Trinajstić information content (AvgIpc) is 0.894. The summed E-state index contributed by atoms with van der Waals surface area (Å²) < 4.78 is 13.9. The fourth-order valence-electron chi connectivity index (χ4n) is 17.1. The van der Waals surface area contributed by atoms with Crippen molar-refractivity contribution in [3.8, 4) is 0 Å². The summed E-state index contributed by atoms with van der Waals surface area (Å²) in [5.74, 6) is 4.43. The summed E-state index contributed by atoms with van der Waals surface area (Å²) in [6, 6.07) is 18.7. The molecule has 8 fully saturated rings. The summed E-state index contributed by atoms with van der Waals surface area (Å²) >= 11 is 0. The van der Waals surface area contributed by atoms with Crippen LogP contribution >= 0.6 is 0 Å². The maximum Gasteiger partial charge on any atom is 0.344 e. The van der Waals surface area contributed by atoms with Crippen molar-refractivity contribution in [3.05, 3.63) is 80.6 Å². The molecule has 10 atom stereocenters. The van der Waals surface area contributed by atoms with E-state index in [0.29, 0.717) is 47.3 Å². The molecule has 0 radical (unpaired) electrons. The minimum absolute atomic E-state index is 0.0139. The molecule has 6 heterocycles. The van der Waals surface area contributed by atoms with E-state index in [4.69, 9.17) is 29.5 Å². The summed E-state index contributed by atoms with van der Waals surface area (Å²) in [5.41, 5.74) is 2.56. The van der Waals surface area contributed by atoms with Crippen molar-refractivity contribution in [1.29, 1.82) is 0 Å². The lowest BCUT2D eigenvalue weighted by Gasteiger charge is -2.55. The summed E-state index contributed by atoms with van der Waals surface area (Å²) in [6.07, 6.45) is 27.5. The van der Waals surface area contributed by atoms with Crippen LogP contribution in [0.2, 0.25) is 0 Å². The molecule has 21 heteroatoms. The van der Waals surface area contributed by atoms with Gasteiger partial charge in [-0.3, -0.25) is 38.6 Å². The van der Waals surface area contributed by atoms with Gasteiger partial charge in [0.1, 0.15) is 5.71 Å². The third-order valence-corrected chi connectivity index (χ3v) is 20.2. The lowest BCUT2D eigenvalue weighted by Crippen LogP contribution is -2.58. The third kappa shape index (κ3) is 15.4. The van der Waals surface area contributed by atoms with E-state index in [1.54, 1.807) is 13.8 Å². The lowest BCUT2D eigenvalue weighted by atomic mass is 9.68. The van der Waals surface area contributed by atoms with Crippen LogP contribution < -0.4 is 17.0 Å². The highest BCUT2D eigenvalue weighted by Gasteiger charge is 2.48. The van der Waals surface area contributed by atoms with Gasteiger partial charge in [-0.1, -0.05) is 80.8 Å². The van der Waals surface area contributed by atoms with Crippen molar-refractivity contribution in [2.45, 2.75) is 229 Å². The van der Waals surface area contributed by atoms with Crippen LogP contribution in [0.25, 0.3) is 22.1 Å². The van der Waals surface area contributed by atoms with Gasteiger partial charge in [-0.2, -0.15) is 0 Å². The molecule has 21 nitrogen and oxygen atoms in total. The van der Waals surface area contributed by atoms with Gasteiger partial charge in [-0.25, -0.2) is 25.5 Å². The molecule has 0 spiro atoms. The Balaban J connectivity index is 0.000000177. The van der Waals surface area contributed by atoms with E-state index in [9.17, 15) is 33.6 Å². The number of benzene rings is 2. The van der Waals surface area contributed by atoms with Crippen LogP contribution in [0.3, 0.4) is 0 Å². The predicted octanol–water partition coefficient (Wildman–Crippen LogP) is 9.48. The Hall–Kier alpha value is -6.42. The number of para-hydroxylation sites is 4. The molecule has 4 N–H and O–H groups in total. The number of carbonyl (C=O) groups is 5. The smallest absolute Gasteiger partial charge is 0.344 e. The van der Waals surface area contributed by atoms with Gasteiger partial charge in [0, 0.05) is 61.2 Å². The number of carbonyl (C=O) groups excluding carboxylic acids is 3. The molecule has 0 amide bonds. The second-order valence-corrected chi connectivity index (χ2v) is 25.9. The monoisotopic (exact) mass is 1200 g/mol. The lowest BCUT2D eigenvalue weighted by molar-refractivity contribution is -0.143. The van der Waals surface area contributed by atoms with Crippen molar-refractivity contribution in [2.24, 2.45) is 34.7 Å². The van der Waals surface area contributed by atoms with E-state index in [1.807, 2.05) is 57.7 Å². The molecule has 4 aliphatic heterocycles. The minimum Gasteiger partial charge on any atom is -0.479 e. The fourth-order valence-corrected chi connectivity index (χ4v) is 17.1. The Morgan fingerprint density at radius 1 is 0.506 bits per heavy atom. The molecule has 2 aromatic heterocycles. The van der Waals surface area contributed by atoms with Crippen LogP contribution in [0, 0.1) is 23.7 Å². The van der Waals surface area contributed by atoms with Crippen molar-refractivity contribution in [2.75, 3.05) is 26.4 Å². The van der Waals surface area contributed by atoms with E-state index >= 15 is 0 Å². The molecular weight excluding hydrogens is 1110 g/mol. The first-order valence-electron chi connectivity index (χ1n) is 32.6. The van der Waals surface area contributed by atoms with E-state index in [-0.39, 0.29) is 85.0 Å². The Kier molecular flexibility index (Phi) is 21.7. The number of nitrogens with two attached hydrogens (primary N) is 1. The zero-order valence-corrected chi connectivity index (χ0v) is 50.9. The van der Waals surface area contributed by atoms with Crippen molar-refractivity contribution in [1.82, 2.24) is 28.9 Å². The normalized spacial score (nSPS) is 28.7. The summed E-state index contributed by atoms with van der Waals surface area (Å²) in [5, 5.41) is 20.8. The minimum atomic E-state index is -1.18. The van der Waals surface area contributed by atoms with Gasteiger partial charge in [-0.05, 0) is 152 Å². The highest BCUT2D eigenvalue weighted by atomic mass is 16.6. The zero-order valence-electron chi connectivity index (χ0n) is 50.9. The molecule has 8 bridgehead atoms.